The Morgan fingerprint density at radius 1 is 1.29 bits per heavy atom. The summed E-state index contributed by atoms with van der Waals surface area (Å²) in [5, 5.41) is 18.1. The lowest BCUT2D eigenvalue weighted by atomic mass is 9.83. The molecule has 1 aromatic rings. The predicted octanol–water partition coefficient (Wildman–Crippen LogP) is 4.10. The maximum Gasteiger partial charge on any atom is 0.305 e. The first-order chi connectivity index (χ1) is 13.3. The number of hydrogen-bond acceptors (Lipinski definition) is 4. The van der Waals surface area contributed by atoms with Gasteiger partial charge in [0, 0.05) is 11.7 Å². The van der Waals surface area contributed by atoms with Gasteiger partial charge >= 0.3 is 5.97 Å². The van der Waals surface area contributed by atoms with Crippen molar-refractivity contribution in [3.8, 4) is 11.8 Å². The Morgan fingerprint density at radius 3 is 2.68 bits per heavy atom. The lowest BCUT2D eigenvalue weighted by Gasteiger charge is -2.22. The highest BCUT2D eigenvalue weighted by atomic mass is 31.1. The van der Waals surface area contributed by atoms with Crippen LogP contribution in [0.25, 0.3) is 0 Å². The molecular formula is C22H31O5P. The van der Waals surface area contributed by atoms with Gasteiger partial charge in [0.05, 0.1) is 12.5 Å². The van der Waals surface area contributed by atoms with Crippen LogP contribution in [0.3, 0.4) is 0 Å². The van der Waals surface area contributed by atoms with Crippen molar-refractivity contribution in [2.24, 2.45) is 5.92 Å². The van der Waals surface area contributed by atoms with E-state index in [1.165, 1.54) is 43.2 Å². The molecule has 2 rings (SSSR count). The molecule has 2 atom stereocenters. The summed E-state index contributed by atoms with van der Waals surface area (Å²) < 4.78 is 17.0. The van der Waals surface area contributed by atoms with E-state index in [4.69, 9.17) is 9.63 Å². The van der Waals surface area contributed by atoms with Crippen LogP contribution in [0.15, 0.2) is 12.1 Å². The lowest BCUT2D eigenvalue weighted by Crippen LogP contribution is -2.15. The molecule has 0 aliphatic heterocycles. The first kappa shape index (κ1) is 22.7. The van der Waals surface area contributed by atoms with Gasteiger partial charge in [0.1, 0.15) is 6.61 Å². The highest BCUT2D eigenvalue weighted by Gasteiger charge is 2.16. The van der Waals surface area contributed by atoms with Crippen molar-refractivity contribution in [1.82, 2.24) is 0 Å². The van der Waals surface area contributed by atoms with Gasteiger partial charge in [-0.2, -0.15) is 0 Å². The lowest BCUT2D eigenvalue weighted by molar-refractivity contribution is -0.138. The van der Waals surface area contributed by atoms with Crippen molar-refractivity contribution in [2.75, 3.05) is 12.8 Å². The monoisotopic (exact) mass is 406 g/mol. The fraction of sp³-hybridized carbons (Fsp3) is 0.591. The Kier molecular flexibility index (Phi) is 9.25. The third kappa shape index (κ3) is 7.80. The molecular weight excluding hydrogens is 375 g/mol. The molecule has 1 aliphatic carbocycles. The van der Waals surface area contributed by atoms with Crippen molar-refractivity contribution in [1.29, 1.82) is 0 Å². The molecule has 6 heteroatoms. The number of rotatable bonds is 8. The summed E-state index contributed by atoms with van der Waals surface area (Å²) in [4.78, 5) is 10.5. The predicted molar refractivity (Wildman–Crippen MR) is 111 cm³/mol. The summed E-state index contributed by atoms with van der Waals surface area (Å²) in [6.45, 7) is 4.17. The van der Waals surface area contributed by atoms with E-state index in [1.807, 2.05) is 0 Å². The van der Waals surface area contributed by atoms with Crippen molar-refractivity contribution >= 4 is 14.0 Å². The van der Waals surface area contributed by atoms with Crippen molar-refractivity contribution in [3.63, 3.8) is 0 Å². The maximum absolute atomic E-state index is 11.8. The van der Waals surface area contributed by atoms with E-state index in [9.17, 15) is 14.5 Å². The second kappa shape index (κ2) is 11.4. The van der Waals surface area contributed by atoms with Crippen LogP contribution in [0.4, 0.5) is 0 Å². The molecule has 5 nitrogen and oxygen atoms in total. The summed E-state index contributed by atoms with van der Waals surface area (Å²) in [5.74, 6) is 5.72. The zero-order chi connectivity index (χ0) is 20.5. The van der Waals surface area contributed by atoms with Gasteiger partial charge in [-0.05, 0) is 37.3 Å². The van der Waals surface area contributed by atoms with E-state index in [-0.39, 0.29) is 12.8 Å². The molecule has 2 N–H and O–H groups in total. The summed E-state index contributed by atoms with van der Waals surface area (Å²) in [5.41, 5.74) is 4.69. The van der Waals surface area contributed by atoms with Crippen LogP contribution in [0.5, 0.6) is 0 Å². The number of benzene rings is 1. The number of carboxylic acid groups (broad SMARTS) is 1. The van der Waals surface area contributed by atoms with Crippen LogP contribution < -0.4 is 0 Å². The second-order valence-electron chi connectivity index (χ2n) is 7.74. The first-order valence-electron chi connectivity index (χ1n) is 9.99. The topological polar surface area (TPSA) is 83.8 Å². The molecule has 1 saturated carbocycles. The number of hydrogen-bond donors (Lipinski definition) is 2. The van der Waals surface area contributed by atoms with Crippen molar-refractivity contribution < 1.29 is 24.1 Å². The number of aliphatic carboxylic acids is 1. The highest BCUT2D eigenvalue weighted by Crippen LogP contribution is 2.29. The molecule has 0 spiro atoms. The molecule has 0 radical (unpaired) electrons. The Balaban J connectivity index is 1.97. The standard InChI is InChI=1S/C22H31O5P/c1-16-11-17(2)21(19(12-16)13-18-7-4-3-5-8-18)9-6-10-27-28(26)15-20(23)14-22(24)25/h11-12,18,20,23,28H,3-5,7-8,10,13-15H2,1-2H3,(H,24,25). The van der Waals surface area contributed by atoms with Gasteiger partial charge in [-0.25, -0.2) is 0 Å². The van der Waals surface area contributed by atoms with E-state index >= 15 is 0 Å². The van der Waals surface area contributed by atoms with Crippen LogP contribution in [-0.2, 0) is 20.3 Å². The quantitative estimate of drug-likeness (QED) is 0.502. The zero-order valence-electron chi connectivity index (χ0n) is 16.8. The Hall–Kier alpha value is -1.60. The van der Waals surface area contributed by atoms with Crippen molar-refractivity contribution in [3.05, 3.63) is 34.4 Å². The molecule has 0 saturated heterocycles. The second-order valence-corrected chi connectivity index (χ2v) is 9.18. The highest BCUT2D eigenvalue weighted by molar-refractivity contribution is 7.39. The SMILES string of the molecule is Cc1cc(C)c(C#CCO[PH](=O)CC(O)CC(=O)O)c(CC2CCCCC2)c1. The number of aliphatic hydroxyl groups excluding tert-OH is 1. The zero-order valence-corrected chi connectivity index (χ0v) is 17.8. The average Bonchev–Trinajstić information content (AvgIpc) is 2.60. The number of carboxylic acids is 1. The molecule has 1 aliphatic rings. The maximum atomic E-state index is 11.8. The van der Waals surface area contributed by atoms with E-state index in [2.05, 4.69) is 37.8 Å². The summed E-state index contributed by atoms with van der Waals surface area (Å²) in [6, 6.07) is 4.35. The van der Waals surface area contributed by atoms with E-state index < -0.39 is 26.5 Å². The Labute approximate surface area is 168 Å². The van der Waals surface area contributed by atoms with Gasteiger partial charge in [-0.3, -0.25) is 9.36 Å². The molecule has 0 heterocycles. The largest absolute Gasteiger partial charge is 0.481 e. The third-order valence-corrected chi connectivity index (χ3v) is 6.40. The average molecular weight is 406 g/mol. The molecule has 28 heavy (non-hydrogen) atoms. The van der Waals surface area contributed by atoms with Gasteiger partial charge < -0.3 is 14.7 Å². The number of aryl methyl sites for hydroxylation is 2. The molecule has 0 aromatic heterocycles. The van der Waals surface area contributed by atoms with E-state index in [0.717, 1.165) is 23.5 Å². The van der Waals surface area contributed by atoms with Crippen LogP contribution >= 0.6 is 8.03 Å². The van der Waals surface area contributed by atoms with Gasteiger partial charge in [0.2, 0.25) is 0 Å². The summed E-state index contributed by atoms with van der Waals surface area (Å²) in [7, 11) is -2.50. The van der Waals surface area contributed by atoms with Gasteiger partial charge in [-0.15, -0.1) is 0 Å². The molecule has 1 fully saturated rings. The summed E-state index contributed by atoms with van der Waals surface area (Å²) in [6.07, 6.45) is 5.83. The van der Waals surface area contributed by atoms with E-state index in [0.29, 0.717) is 0 Å². The Bertz CT molecular complexity index is 756. The third-order valence-electron chi connectivity index (χ3n) is 5.13. The van der Waals surface area contributed by atoms with Crippen LogP contribution in [0.2, 0.25) is 0 Å². The van der Waals surface area contributed by atoms with Gasteiger partial charge in [-0.1, -0.05) is 61.6 Å². The minimum atomic E-state index is -2.50. The molecule has 1 aromatic carbocycles. The molecule has 0 bridgehead atoms. The van der Waals surface area contributed by atoms with Crippen LogP contribution in [-0.4, -0.2) is 35.1 Å². The van der Waals surface area contributed by atoms with Crippen molar-refractivity contribution in [2.45, 2.75) is 64.9 Å². The Morgan fingerprint density at radius 2 is 2.00 bits per heavy atom. The van der Waals surface area contributed by atoms with E-state index in [1.54, 1.807) is 0 Å². The first-order valence-corrected chi connectivity index (χ1v) is 11.5. The minimum absolute atomic E-state index is 0.00771. The fourth-order valence-corrected chi connectivity index (χ4v) is 4.74. The normalized spacial score (nSPS) is 16.8. The molecule has 0 amide bonds. The number of carbonyl (C=O) groups is 1. The molecule has 154 valence electrons. The smallest absolute Gasteiger partial charge is 0.305 e. The van der Waals surface area contributed by atoms with Gasteiger partial charge in [0.25, 0.3) is 0 Å². The minimum Gasteiger partial charge on any atom is -0.481 e. The van der Waals surface area contributed by atoms with Gasteiger partial charge in [0.15, 0.2) is 8.03 Å². The van der Waals surface area contributed by atoms with Crippen LogP contribution in [0.1, 0.15) is 60.8 Å². The molecule has 2 unspecified atom stereocenters. The number of aliphatic hydroxyl groups is 1. The van der Waals surface area contributed by atoms with Crippen LogP contribution in [0, 0.1) is 31.6 Å². The fourth-order valence-electron chi connectivity index (χ4n) is 3.86. The summed E-state index contributed by atoms with van der Waals surface area (Å²) >= 11 is 0.